The first-order valence-corrected chi connectivity index (χ1v) is 8.33. The van der Waals surface area contributed by atoms with Gasteiger partial charge in [0.1, 0.15) is 6.04 Å². The van der Waals surface area contributed by atoms with Crippen LogP contribution in [-0.2, 0) is 4.79 Å². The van der Waals surface area contributed by atoms with Gasteiger partial charge in [0, 0.05) is 19.7 Å². The highest BCUT2D eigenvalue weighted by Crippen LogP contribution is 2.27. The molecule has 1 unspecified atom stereocenters. The largest absolute Gasteiger partial charge is 0.347 e. The van der Waals surface area contributed by atoms with Crippen molar-refractivity contribution in [2.75, 3.05) is 19.4 Å². The van der Waals surface area contributed by atoms with E-state index in [0.717, 1.165) is 11.1 Å². The van der Waals surface area contributed by atoms with Crippen molar-refractivity contribution in [3.05, 3.63) is 54.6 Å². The molecule has 2 aromatic carbocycles. The lowest BCUT2D eigenvalue weighted by molar-refractivity contribution is -0.131. The van der Waals surface area contributed by atoms with Crippen molar-refractivity contribution < 1.29 is 9.59 Å². The maximum absolute atomic E-state index is 12.4. The molecule has 0 aliphatic carbocycles. The van der Waals surface area contributed by atoms with E-state index >= 15 is 0 Å². The van der Waals surface area contributed by atoms with E-state index in [1.807, 2.05) is 68.4 Å². The van der Waals surface area contributed by atoms with Crippen LogP contribution in [0.5, 0.6) is 0 Å². The molecule has 3 amide bonds. The number of nitrogens with one attached hydrogen (secondary N) is 2. The summed E-state index contributed by atoms with van der Waals surface area (Å²) in [6.07, 6.45) is 0. The number of rotatable bonds is 5. The Bertz CT molecular complexity index is 727. The highest BCUT2D eigenvalue weighted by atomic mass is 16.2. The number of anilines is 1. The maximum Gasteiger partial charge on any atom is 0.319 e. The summed E-state index contributed by atoms with van der Waals surface area (Å²) in [7, 11) is 3.37. The number of benzene rings is 2. The van der Waals surface area contributed by atoms with Crippen molar-refractivity contribution in [3.8, 4) is 11.1 Å². The number of amides is 3. The van der Waals surface area contributed by atoms with Gasteiger partial charge >= 0.3 is 6.03 Å². The molecule has 5 nitrogen and oxygen atoms in total. The summed E-state index contributed by atoms with van der Waals surface area (Å²) in [6.45, 7) is 3.81. The smallest absolute Gasteiger partial charge is 0.319 e. The summed E-state index contributed by atoms with van der Waals surface area (Å²) in [5.41, 5.74) is 2.65. The highest BCUT2D eigenvalue weighted by molar-refractivity contribution is 5.97. The van der Waals surface area contributed by atoms with Crippen molar-refractivity contribution in [2.24, 2.45) is 5.92 Å². The molecule has 0 saturated carbocycles. The van der Waals surface area contributed by atoms with Crippen LogP contribution in [0.15, 0.2) is 54.6 Å². The molecule has 25 heavy (non-hydrogen) atoms. The summed E-state index contributed by atoms with van der Waals surface area (Å²) in [6, 6.07) is 16.5. The fraction of sp³-hybridized carbons (Fsp3) is 0.300. The van der Waals surface area contributed by atoms with E-state index in [1.54, 1.807) is 14.1 Å². The molecule has 2 N–H and O–H groups in total. The molecule has 2 aromatic rings. The number of urea groups is 1. The Morgan fingerprint density at radius 2 is 1.52 bits per heavy atom. The molecular formula is C20H25N3O2. The van der Waals surface area contributed by atoms with Crippen molar-refractivity contribution in [2.45, 2.75) is 19.9 Å². The zero-order valence-corrected chi connectivity index (χ0v) is 15.1. The van der Waals surface area contributed by atoms with Gasteiger partial charge in [0.05, 0.1) is 5.69 Å². The molecule has 0 spiro atoms. The normalized spacial score (nSPS) is 11.7. The van der Waals surface area contributed by atoms with Crippen molar-refractivity contribution in [3.63, 3.8) is 0 Å². The van der Waals surface area contributed by atoms with Gasteiger partial charge in [-0.25, -0.2) is 4.79 Å². The number of carbonyl (C=O) groups excluding carboxylic acids is 2. The lowest BCUT2D eigenvalue weighted by Crippen LogP contribution is -2.50. The average Bonchev–Trinajstić information content (AvgIpc) is 2.60. The molecule has 0 radical (unpaired) electrons. The number of carbonyl (C=O) groups is 2. The zero-order chi connectivity index (χ0) is 18.4. The number of likely N-dealkylation sites (N-methyl/N-ethyl adjacent to an activating group) is 1. The van der Waals surface area contributed by atoms with Gasteiger partial charge in [-0.1, -0.05) is 62.4 Å². The van der Waals surface area contributed by atoms with Crippen LogP contribution in [0.25, 0.3) is 11.1 Å². The number of para-hydroxylation sites is 1. The highest BCUT2D eigenvalue weighted by Gasteiger charge is 2.25. The van der Waals surface area contributed by atoms with E-state index in [2.05, 4.69) is 10.6 Å². The topological polar surface area (TPSA) is 61.4 Å². The first kappa shape index (κ1) is 18.5. The van der Waals surface area contributed by atoms with Gasteiger partial charge in [-0.3, -0.25) is 4.79 Å². The molecule has 0 aliphatic heterocycles. The summed E-state index contributed by atoms with van der Waals surface area (Å²) in [5, 5.41) is 5.65. The fourth-order valence-electron chi connectivity index (χ4n) is 2.55. The van der Waals surface area contributed by atoms with Gasteiger partial charge in [-0.2, -0.15) is 0 Å². The van der Waals surface area contributed by atoms with Crippen LogP contribution in [-0.4, -0.2) is 37.0 Å². The van der Waals surface area contributed by atoms with Crippen LogP contribution in [0.3, 0.4) is 0 Å². The van der Waals surface area contributed by atoms with Crippen LogP contribution in [0.1, 0.15) is 13.8 Å². The predicted octanol–water partition coefficient (Wildman–Crippen LogP) is 3.59. The molecule has 132 valence electrons. The van der Waals surface area contributed by atoms with Gasteiger partial charge in [0.2, 0.25) is 5.91 Å². The van der Waals surface area contributed by atoms with Crippen molar-refractivity contribution in [1.29, 1.82) is 0 Å². The second kappa shape index (κ2) is 8.33. The molecule has 0 heterocycles. The molecule has 5 heteroatoms. The lowest BCUT2D eigenvalue weighted by atomic mass is 10.0. The monoisotopic (exact) mass is 339 g/mol. The molecule has 1 atom stereocenters. The van der Waals surface area contributed by atoms with Gasteiger partial charge in [-0.15, -0.1) is 0 Å². The Balaban J connectivity index is 2.17. The van der Waals surface area contributed by atoms with Crippen LogP contribution in [0.2, 0.25) is 0 Å². The van der Waals surface area contributed by atoms with E-state index in [4.69, 9.17) is 0 Å². The molecule has 0 saturated heterocycles. The number of nitrogens with zero attached hydrogens (tertiary/aromatic N) is 1. The minimum absolute atomic E-state index is 0.00924. The Hall–Kier alpha value is -2.82. The van der Waals surface area contributed by atoms with Crippen LogP contribution >= 0.6 is 0 Å². The Morgan fingerprint density at radius 3 is 2.12 bits per heavy atom. The van der Waals surface area contributed by atoms with E-state index < -0.39 is 12.1 Å². The van der Waals surface area contributed by atoms with Crippen LogP contribution in [0.4, 0.5) is 10.5 Å². The minimum Gasteiger partial charge on any atom is -0.347 e. The predicted molar refractivity (Wildman–Crippen MR) is 101 cm³/mol. The standard InChI is InChI=1S/C20H25N3O2/c1-14(2)18(19(24)23(3)4)22-20(25)21-17-13-9-8-12-16(17)15-10-6-5-7-11-15/h5-14,18H,1-4H3,(H2,21,22,25). The third kappa shape index (κ3) is 4.83. The van der Waals surface area contributed by atoms with Crippen LogP contribution < -0.4 is 10.6 Å². The van der Waals surface area contributed by atoms with E-state index in [-0.39, 0.29) is 11.8 Å². The Labute approximate surface area is 149 Å². The second-order valence-electron chi connectivity index (χ2n) is 6.46. The molecule has 0 bridgehead atoms. The zero-order valence-electron chi connectivity index (χ0n) is 15.1. The van der Waals surface area contributed by atoms with E-state index in [9.17, 15) is 9.59 Å². The quantitative estimate of drug-likeness (QED) is 0.874. The van der Waals surface area contributed by atoms with Gasteiger partial charge in [0.25, 0.3) is 0 Å². The van der Waals surface area contributed by atoms with E-state index in [1.165, 1.54) is 4.90 Å². The molecule has 0 aliphatic rings. The second-order valence-corrected chi connectivity index (χ2v) is 6.46. The first-order valence-electron chi connectivity index (χ1n) is 8.33. The Morgan fingerprint density at radius 1 is 0.920 bits per heavy atom. The number of hydrogen-bond donors (Lipinski definition) is 2. The summed E-state index contributed by atoms with van der Waals surface area (Å²) < 4.78 is 0. The molecule has 0 fully saturated rings. The van der Waals surface area contributed by atoms with Crippen molar-refractivity contribution >= 4 is 17.6 Å². The van der Waals surface area contributed by atoms with Gasteiger partial charge < -0.3 is 15.5 Å². The maximum atomic E-state index is 12.4. The van der Waals surface area contributed by atoms with Gasteiger partial charge in [-0.05, 0) is 17.5 Å². The summed E-state index contributed by atoms with van der Waals surface area (Å²) >= 11 is 0. The minimum atomic E-state index is -0.570. The molecular weight excluding hydrogens is 314 g/mol. The van der Waals surface area contributed by atoms with Gasteiger partial charge in [0.15, 0.2) is 0 Å². The van der Waals surface area contributed by atoms with Crippen molar-refractivity contribution in [1.82, 2.24) is 10.2 Å². The average molecular weight is 339 g/mol. The number of hydrogen-bond acceptors (Lipinski definition) is 2. The SMILES string of the molecule is CC(C)C(NC(=O)Nc1ccccc1-c1ccccc1)C(=O)N(C)C. The molecule has 0 aromatic heterocycles. The third-order valence-corrected chi connectivity index (χ3v) is 3.92. The Kier molecular flexibility index (Phi) is 6.17. The molecule has 2 rings (SSSR count). The van der Waals surface area contributed by atoms with Crippen LogP contribution in [0, 0.1) is 5.92 Å². The van der Waals surface area contributed by atoms with E-state index in [0.29, 0.717) is 5.69 Å². The lowest BCUT2D eigenvalue weighted by Gasteiger charge is -2.25. The third-order valence-electron chi connectivity index (χ3n) is 3.92. The summed E-state index contributed by atoms with van der Waals surface area (Å²) in [5.74, 6) is -0.133. The fourth-order valence-corrected chi connectivity index (χ4v) is 2.55. The summed E-state index contributed by atoms with van der Waals surface area (Å²) in [4.78, 5) is 26.2. The first-order chi connectivity index (χ1) is 11.9.